The minimum Gasteiger partial charge on any atom is -0.382 e. The molecule has 1 saturated heterocycles. The number of aryl methyl sites for hydroxylation is 1. The number of aromatic nitrogens is 4. The van der Waals surface area contributed by atoms with Gasteiger partial charge in [-0.15, -0.1) is 0 Å². The molecule has 0 unspecified atom stereocenters. The number of hydrogen-bond acceptors (Lipinski definition) is 9. The number of rotatable bonds is 4. The van der Waals surface area contributed by atoms with E-state index in [1.165, 1.54) is 4.31 Å². The Morgan fingerprint density at radius 3 is 2.58 bits per heavy atom. The highest BCUT2D eigenvalue weighted by Gasteiger charge is 2.26. The maximum atomic E-state index is 11.9. The summed E-state index contributed by atoms with van der Waals surface area (Å²) in [4.78, 5) is 14.7. The van der Waals surface area contributed by atoms with E-state index in [0.717, 1.165) is 0 Å². The van der Waals surface area contributed by atoms with Crippen LogP contribution in [0.3, 0.4) is 0 Å². The van der Waals surface area contributed by atoms with Crippen molar-refractivity contribution in [2.75, 3.05) is 42.6 Å². The van der Waals surface area contributed by atoms with Gasteiger partial charge in [0.25, 0.3) is 0 Å². The van der Waals surface area contributed by atoms with Crippen LogP contribution in [-0.4, -0.2) is 64.8 Å². The number of piperazine rings is 1. The third-order valence-corrected chi connectivity index (χ3v) is 5.73. The van der Waals surface area contributed by atoms with E-state index in [4.69, 9.17) is 10.3 Å². The van der Waals surface area contributed by atoms with Crippen molar-refractivity contribution in [1.29, 1.82) is 0 Å². The zero-order valence-corrected chi connectivity index (χ0v) is 14.3. The molecule has 132 valence electrons. The molecule has 2 aromatic rings. The maximum Gasteiger partial charge on any atom is 0.224 e. The molecule has 11 heteroatoms. The summed E-state index contributed by atoms with van der Waals surface area (Å²) in [6.45, 7) is 5.21. The van der Waals surface area contributed by atoms with Crippen LogP contribution in [0.2, 0.25) is 0 Å². The van der Waals surface area contributed by atoms with Gasteiger partial charge in [0.2, 0.25) is 21.7 Å². The van der Waals surface area contributed by atoms with Crippen LogP contribution in [0, 0.1) is 6.92 Å². The molecule has 1 fully saturated rings. The van der Waals surface area contributed by atoms with Crippen molar-refractivity contribution in [3.05, 3.63) is 12.1 Å². The lowest BCUT2D eigenvalue weighted by Gasteiger charge is -2.34. The molecule has 0 spiro atoms. The lowest BCUT2D eigenvalue weighted by molar-refractivity contribution is 0.384. The molecule has 3 heterocycles. The van der Waals surface area contributed by atoms with Gasteiger partial charge in [-0.05, 0) is 6.92 Å². The van der Waals surface area contributed by atoms with Crippen LogP contribution in [0.4, 0.5) is 11.6 Å². The van der Waals surface area contributed by atoms with E-state index < -0.39 is 10.0 Å². The van der Waals surface area contributed by atoms with Gasteiger partial charge in [0.1, 0.15) is 5.82 Å². The predicted molar refractivity (Wildman–Crippen MR) is 89.8 cm³/mol. The lowest BCUT2D eigenvalue weighted by atomic mass is 10.3. The zero-order chi connectivity index (χ0) is 17.3. The molecule has 1 aliphatic heterocycles. The lowest BCUT2D eigenvalue weighted by Crippen LogP contribution is -2.49. The molecule has 0 saturated carbocycles. The Morgan fingerprint density at radius 1 is 1.29 bits per heavy atom. The van der Waals surface area contributed by atoms with Crippen LogP contribution in [0.25, 0.3) is 11.5 Å². The Kier molecular flexibility index (Phi) is 4.37. The first kappa shape index (κ1) is 16.6. The molecule has 0 amide bonds. The molecule has 3 rings (SSSR count). The van der Waals surface area contributed by atoms with Gasteiger partial charge < -0.3 is 15.2 Å². The van der Waals surface area contributed by atoms with Gasteiger partial charge in [0.05, 0.1) is 11.9 Å². The summed E-state index contributed by atoms with van der Waals surface area (Å²) >= 11 is 0. The van der Waals surface area contributed by atoms with Gasteiger partial charge in [0.15, 0.2) is 11.5 Å². The molecule has 0 atom stereocenters. The highest BCUT2D eigenvalue weighted by Crippen LogP contribution is 2.23. The van der Waals surface area contributed by atoms with Crippen LogP contribution < -0.4 is 10.6 Å². The van der Waals surface area contributed by atoms with Crippen molar-refractivity contribution < 1.29 is 14.4 Å². The second-order valence-corrected chi connectivity index (χ2v) is 7.64. The number of nitrogen functional groups attached to an aromatic ring is 1. The van der Waals surface area contributed by atoms with Crippen molar-refractivity contribution in [3.63, 3.8) is 0 Å². The number of nitrogens with zero attached hydrogens (tertiary/aromatic N) is 6. The third-order valence-electron chi connectivity index (χ3n) is 3.85. The van der Waals surface area contributed by atoms with E-state index in [0.29, 0.717) is 43.6 Å². The second-order valence-electron chi connectivity index (χ2n) is 5.39. The van der Waals surface area contributed by atoms with Crippen LogP contribution >= 0.6 is 0 Å². The third kappa shape index (κ3) is 3.17. The van der Waals surface area contributed by atoms with Crippen molar-refractivity contribution in [3.8, 4) is 11.5 Å². The minimum atomic E-state index is -3.16. The first-order valence-electron chi connectivity index (χ1n) is 7.56. The number of anilines is 2. The molecule has 0 bridgehead atoms. The molecular formula is C13H21N7O3S. The number of hydrogen-bond donors (Lipinski definition) is 1. The molecule has 24 heavy (non-hydrogen) atoms. The number of nitrogens with two attached hydrogens (primary N) is 1. The topological polar surface area (TPSA) is 131 Å². The van der Waals surface area contributed by atoms with Crippen molar-refractivity contribution >= 4 is 21.7 Å². The maximum absolute atomic E-state index is 11.9. The van der Waals surface area contributed by atoms with E-state index in [1.54, 1.807) is 20.0 Å². The average Bonchev–Trinajstić information content (AvgIpc) is 3.01. The first-order valence-corrected chi connectivity index (χ1v) is 9.17. The Bertz CT molecular complexity index is 834. The molecular weight excluding hydrogens is 334 g/mol. The molecule has 2 aromatic heterocycles. The molecule has 0 aromatic carbocycles. The minimum absolute atomic E-state index is 0. The molecule has 10 nitrogen and oxygen atoms in total. The van der Waals surface area contributed by atoms with E-state index >= 15 is 0 Å². The van der Waals surface area contributed by atoms with E-state index in [-0.39, 0.29) is 18.8 Å². The SMILES string of the molecule is CCS(=O)(=O)N1CCN(c2cnc(N)c(-c3noc(C)n3)n2)CC1.[HH]. The Labute approximate surface area is 141 Å². The Hall–Kier alpha value is -2.27. The highest BCUT2D eigenvalue weighted by atomic mass is 32.2. The highest BCUT2D eigenvalue weighted by molar-refractivity contribution is 7.89. The van der Waals surface area contributed by atoms with Crippen molar-refractivity contribution in [2.45, 2.75) is 13.8 Å². The second kappa shape index (κ2) is 6.32. The zero-order valence-electron chi connectivity index (χ0n) is 13.5. The summed E-state index contributed by atoms with van der Waals surface area (Å²) in [5, 5.41) is 3.81. The van der Waals surface area contributed by atoms with Gasteiger partial charge >= 0.3 is 0 Å². The van der Waals surface area contributed by atoms with Gasteiger partial charge in [0, 0.05) is 34.5 Å². The largest absolute Gasteiger partial charge is 0.382 e. The average molecular weight is 355 g/mol. The molecule has 0 aliphatic carbocycles. The fourth-order valence-corrected chi connectivity index (χ4v) is 3.56. The normalized spacial score (nSPS) is 16.5. The number of sulfonamides is 1. The monoisotopic (exact) mass is 355 g/mol. The van der Waals surface area contributed by atoms with E-state index in [1.807, 2.05) is 4.90 Å². The van der Waals surface area contributed by atoms with E-state index in [9.17, 15) is 8.42 Å². The summed E-state index contributed by atoms with van der Waals surface area (Å²) in [6, 6.07) is 0. The van der Waals surface area contributed by atoms with Crippen molar-refractivity contribution in [1.82, 2.24) is 24.4 Å². The van der Waals surface area contributed by atoms with Crippen LogP contribution in [0.5, 0.6) is 0 Å². The summed E-state index contributed by atoms with van der Waals surface area (Å²) in [7, 11) is -3.16. The smallest absolute Gasteiger partial charge is 0.224 e. The van der Waals surface area contributed by atoms with Crippen molar-refractivity contribution in [2.24, 2.45) is 0 Å². The molecule has 0 radical (unpaired) electrons. The first-order chi connectivity index (χ1) is 11.4. The Balaban J connectivity index is 0.00000225. The molecule has 2 N–H and O–H groups in total. The van der Waals surface area contributed by atoms with Gasteiger partial charge in [-0.1, -0.05) is 5.16 Å². The fraction of sp³-hybridized carbons (Fsp3) is 0.538. The predicted octanol–water partition coefficient (Wildman–Crippen LogP) is 0.135. The summed E-state index contributed by atoms with van der Waals surface area (Å²) in [6.07, 6.45) is 1.57. The van der Waals surface area contributed by atoms with Gasteiger partial charge in [-0.3, -0.25) is 0 Å². The van der Waals surface area contributed by atoms with Gasteiger partial charge in [-0.25, -0.2) is 18.4 Å². The van der Waals surface area contributed by atoms with Crippen LogP contribution in [-0.2, 0) is 10.0 Å². The van der Waals surface area contributed by atoms with Crippen LogP contribution in [0.1, 0.15) is 14.2 Å². The van der Waals surface area contributed by atoms with E-state index in [2.05, 4.69) is 20.1 Å². The summed E-state index contributed by atoms with van der Waals surface area (Å²) in [5.74, 6) is 1.62. The Morgan fingerprint density at radius 2 is 2.00 bits per heavy atom. The summed E-state index contributed by atoms with van der Waals surface area (Å²) < 4.78 is 30.3. The summed E-state index contributed by atoms with van der Waals surface area (Å²) in [5.41, 5.74) is 6.21. The molecule has 1 aliphatic rings. The fourth-order valence-electron chi connectivity index (χ4n) is 2.48. The van der Waals surface area contributed by atoms with Crippen LogP contribution in [0.15, 0.2) is 10.7 Å². The van der Waals surface area contributed by atoms with Gasteiger partial charge in [-0.2, -0.15) is 9.29 Å². The standard InChI is InChI=1S/C13H19N7O3S.H2/c1-3-24(21,22)20-6-4-19(5-7-20)10-8-15-12(14)11(17-10)13-16-9(2)23-18-13;/h8H,3-7H2,1-2H3,(H2,14,15);1H. The quantitative estimate of drug-likeness (QED) is 0.813.